The van der Waals surface area contributed by atoms with Gasteiger partial charge < -0.3 is 15.2 Å². The molecule has 0 aliphatic rings. The third-order valence-electron chi connectivity index (χ3n) is 8.80. The number of aliphatic carboxylic acids is 1. The number of rotatable bonds is 32. The summed E-state index contributed by atoms with van der Waals surface area (Å²) in [6, 6.07) is 0. The fourth-order valence-electron chi connectivity index (χ4n) is 5.79. The lowest BCUT2D eigenvalue weighted by molar-refractivity contribution is -0.144. The number of carboxylic acids is 1. The van der Waals surface area contributed by atoms with Crippen LogP contribution in [0.1, 0.15) is 188 Å². The van der Waals surface area contributed by atoms with Gasteiger partial charge in [0.05, 0.1) is 12.5 Å². The van der Waals surface area contributed by atoms with Gasteiger partial charge in [-0.3, -0.25) is 4.79 Å². The molecule has 0 saturated heterocycles. The summed E-state index contributed by atoms with van der Waals surface area (Å²) in [5, 5.41) is 12.4. The number of alkyl halides is 1. The maximum atomic E-state index is 14.5. The molecule has 0 spiro atoms. The number of hydrogen-bond donors (Lipinski definition) is 2. The Balaban J connectivity index is 3.50. The van der Waals surface area contributed by atoms with E-state index in [0.717, 1.165) is 77.0 Å². The van der Waals surface area contributed by atoms with Crippen molar-refractivity contribution in [3.63, 3.8) is 0 Å². The molecule has 42 heavy (non-hydrogen) atoms. The van der Waals surface area contributed by atoms with Crippen molar-refractivity contribution in [2.45, 2.75) is 194 Å². The number of halogens is 1. The maximum Gasteiger partial charge on any atom is 0.407 e. The summed E-state index contributed by atoms with van der Waals surface area (Å²) in [5.74, 6) is -1.86. The van der Waals surface area contributed by atoms with E-state index >= 15 is 0 Å². The van der Waals surface area contributed by atoms with Crippen LogP contribution >= 0.6 is 0 Å². The molecule has 0 aromatic carbocycles. The van der Waals surface area contributed by atoms with Crippen molar-refractivity contribution < 1.29 is 23.8 Å². The molecule has 0 bridgehead atoms. The van der Waals surface area contributed by atoms with E-state index < -0.39 is 24.0 Å². The molecule has 0 aromatic rings. The smallest absolute Gasteiger partial charge is 0.407 e. The number of nitrogens with one attached hydrogen (secondary N) is 1. The van der Waals surface area contributed by atoms with Crippen molar-refractivity contribution in [3.8, 4) is 0 Å². The Labute approximate surface area is 259 Å². The van der Waals surface area contributed by atoms with Crippen LogP contribution in [0.5, 0.6) is 0 Å². The van der Waals surface area contributed by atoms with Gasteiger partial charge in [-0.25, -0.2) is 9.18 Å². The average Bonchev–Trinajstić information content (AvgIpc) is 2.97. The highest BCUT2D eigenvalue weighted by molar-refractivity contribution is 5.70. The van der Waals surface area contributed by atoms with Gasteiger partial charge >= 0.3 is 12.1 Å². The van der Waals surface area contributed by atoms with E-state index in [2.05, 4.69) is 19.2 Å². The van der Waals surface area contributed by atoms with Crippen molar-refractivity contribution in [3.05, 3.63) is 0 Å². The number of unbranched alkanes of at least 4 members (excludes halogenated alkanes) is 21. The van der Waals surface area contributed by atoms with Crippen LogP contribution in [0.25, 0.3) is 0 Å². The summed E-state index contributed by atoms with van der Waals surface area (Å²) in [4.78, 5) is 23.5. The predicted octanol–water partition coefficient (Wildman–Crippen LogP) is 11.6. The number of alkyl carbamates (subject to hydrolysis) is 1. The summed E-state index contributed by atoms with van der Waals surface area (Å²) >= 11 is 0. The Morgan fingerprint density at radius 2 is 1.02 bits per heavy atom. The van der Waals surface area contributed by atoms with Crippen molar-refractivity contribution in [2.24, 2.45) is 11.8 Å². The molecule has 1 amide bonds. The minimum Gasteiger partial charge on any atom is -0.481 e. The molecule has 0 aliphatic heterocycles. The zero-order valence-electron chi connectivity index (χ0n) is 28.1. The molecule has 6 heteroatoms. The van der Waals surface area contributed by atoms with Crippen LogP contribution in [0.4, 0.5) is 9.18 Å². The predicted molar refractivity (Wildman–Crippen MR) is 176 cm³/mol. The molecule has 0 rings (SSSR count). The first kappa shape index (κ1) is 40.7. The van der Waals surface area contributed by atoms with Crippen LogP contribution in [-0.2, 0) is 9.53 Å². The molecule has 250 valence electrons. The molecule has 0 heterocycles. The maximum absolute atomic E-state index is 14.5. The van der Waals surface area contributed by atoms with Crippen LogP contribution in [-0.4, -0.2) is 36.5 Å². The molecule has 0 saturated carbocycles. The van der Waals surface area contributed by atoms with Gasteiger partial charge in [0, 0.05) is 12.5 Å². The molecular weight excluding hydrogens is 529 g/mol. The lowest BCUT2D eigenvalue weighted by atomic mass is 9.84. The summed E-state index contributed by atoms with van der Waals surface area (Å²) in [6.07, 6.45) is 28.2. The highest BCUT2D eigenvalue weighted by Crippen LogP contribution is 2.27. The summed E-state index contributed by atoms with van der Waals surface area (Å²) in [7, 11) is 0. The Kier molecular flexibility index (Phi) is 30.1. The normalized spacial score (nSPS) is 13.5. The Hall–Kier alpha value is -1.33. The van der Waals surface area contributed by atoms with E-state index in [1.54, 1.807) is 6.92 Å². The number of amides is 1. The number of ether oxygens (including phenoxy) is 1. The second-order valence-corrected chi connectivity index (χ2v) is 12.7. The van der Waals surface area contributed by atoms with Crippen LogP contribution in [0.2, 0.25) is 0 Å². The van der Waals surface area contributed by atoms with Crippen molar-refractivity contribution in [1.82, 2.24) is 5.32 Å². The summed E-state index contributed by atoms with van der Waals surface area (Å²) in [5.41, 5.74) is 0. The van der Waals surface area contributed by atoms with Crippen molar-refractivity contribution in [1.29, 1.82) is 0 Å². The fraction of sp³-hybridized carbons (Fsp3) is 0.944. The van der Waals surface area contributed by atoms with E-state index in [0.29, 0.717) is 26.0 Å². The number of carbonyl (C=O) groups excluding carboxylic acids is 1. The topological polar surface area (TPSA) is 75.6 Å². The Morgan fingerprint density at radius 1 is 0.619 bits per heavy atom. The summed E-state index contributed by atoms with van der Waals surface area (Å²) in [6.45, 7) is 7.28. The fourth-order valence-corrected chi connectivity index (χ4v) is 5.79. The van der Waals surface area contributed by atoms with E-state index in [-0.39, 0.29) is 6.09 Å². The highest BCUT2D eigenvalue weighted by atomic mass is 19.1. The lowest BCUT2D eigenvalue weighted by Crippen LogP contribution is -2.28. The third-order valence-corrected chi connectivity index (χ3v) is 8.80. The largest absolute Gasteiger partial charge is 0.481 e. The van der Waals surface area contributed by atoms with Gasteiger partial charge in [0.25, 0.3) is 0 Å². The lowest BCUT2D eigenvalue weighted by Gasteiger charge is -2.23. The highest BCUT2D eigenvalue weighted by Gasteiger charge is 2.30. The second-order valence-electron chi connectivity index (χ2n) is 12.7. The molecule has 3 unspecified atom stereocenters. The summed E-state index contributed by atoms with van der Waals surface area (Å²) < 4.78 is 19.8. The molecular formula is C36H70FNO4. The quantitative estimate of drug-likeness (QED) is 0.0754. The minimum absolute atomic E-state index is 0.298. The molecule has 5 nitrogen and oxygen atoms in total. The van der Waals surface area contributed by atoms with E-state index in [1.807, 2.05) is 0 Å². The van der Waals surface area contributed by atoms with Gasteiger partial charge in [0.15, 0.2) is 0 Å². The van der Waals surface area contributed by atoms with E-state index in [1.165, 1.54) is 77.0 Å². The van der Waals surface area contributed by atoms with Gasteiger partial charge in [0.2, 0.25) is 0 Å². The molecule has 0 fully saturated rings. The second kappa shape index (κ2) is 31.1. The van der Waals surface area contributed by atoms with Gasteiger partial charge in [-0.05, 0) is 25.7 Å². The van der Waals surface area contributed by atoms with Crippen molar-refractivity contribution >= 4 is 12.1 Å². The molecule has 0 aromatic heterocycles. The van der Waals surface area contributed by atoms with Gasteiger partial charge in [-0.15, -0.1) is 0 Å². The zero-order valence-corrected chi connectivity index (χ0v) is 28.1. The van der Waals surface area contributed by atoms with Crippen molar-refractivity contribution in [2.75, 3.05) is 13.2 Å². The monoisotopic (exact) mass is 600 g/mol. The molecule has 0 aliphatic carbocycles. The average molecular weight is 600 g/mol. The SMILES string of the molecule is CCCCCCCCCCCCCCCCOC(=O)NCCCCCCCCCC(C(=O)O)C(C)C(F)CCCCC. The van der Waals surface area contributed by atoms with Gasteiger partial charge in [-0.2, -0.15) is 0 Å². The van der Waals surface area contributed by atoms with E-state index in [4.69, 9.17) is 4.74 Å². The van der Waals surface area contributed by atoms with Crippen LogP contribution in [0.15, 0.2) is 0 Å². The first-order valence-corrected chi connectivity index (χ1v) is 18.2. The molecule has 2 N–H and O–H groups in total. The van der Waals surface area contributed by atoms with Crippen LogP contribution < -0.4 is 5.32 Å². The van der Waals surface area contributed by atoms with E-state index in [9.17, 15) is 19.1 Å². The molecule has 0 radical (unpaired) electrons. The van der Waals surface area contributed by atoms with Gasteiger partial charge in [-0.1, -0.05) is 162 Å². The molecule has 3 atom stereocenters. The van der Waals surface area contributed by atoms with Crippen LogP contribution in [0.3, 0.4) is 0 Å². The first-order chi connectivity index (χ1) is 20.4. The standard InChI is InChI=1S/C36H70FNO4/c1-4-6-8-9-10-11-12-13-14-15-16-20-23-27-31-42-36(41)38-30-26-22-19-17-18-21-25-28-33(35(39)40)32(3)34(37)29-24-7-5-2/h32-34H,4-31H2,1-3H3,(H,38,41)(H,39,40). The number of hydrogen-bond acceptors (Lipinski definition) is 3. The first-order valence-electron chi connectivity index (χ1n) is 18.2. The van der Waals surface area contributed by atoms with Gasteiger partial charge in [0.1, 0.15) is 6.17 Å². The number of carbonyl (C=O) groups is 2. The van der Waals surface area contributed by atoms with Crippen LogP contribution in [0, 0.1) is 11.8 Å². The Bertz CT molecular complexity index is 603. The minimum atomic E-state index is -1.02. The Morgan fingerprint density at radius 3 is 1.52 bits per heavy atom. The number of carboxylic acid groups (broad SMARTS) is 1. The zero-order chi connectivity index (χ0) is 31.1. The third kappa shape index (κ3) is 26.3.